The van der Waals surface area contributed by atoms with Crippen LogP contribution in [0, 0.1) is 0 Å². The Hall–Kier alpha value is -2.44. The summed E-state index contributed by atoms with van der Waals surface area (Å²) in [7, 11) is -3.84. The van der Waals surface area contributed by atoms with Crippen molar-refractivity contribution in [2.75, 3.05) is 32.6 Å². The summed E-state index contributed by atoms with van der Waals surface area (Å²) in [5, 5.41) is 3.29. The topological polar surface area (TPSA) is 133 Å². The number of carbonyl (C=O) groups excluding carboxylic acids is 2. The molecule has 1 N–H and O–H groups in total. The Morgan fingerprint density at radius 2 is 1.87 bits per heavy atom. The minimum Gasteiger partial charge on any atom is -0.465 e. The smallest absolute Gasteiger partial charge is 0.424 e. The van der Waals surface area contributed by atoms with Crippen LogP contribution in [-0.2, 0) is 29.0 Å². The number of esters is 1. The monoisotopic (exact) mass is 555 g/mol. The lowest BCUT2D eigenvalue weighted by atomic mass is 9.83. The van der Waals surface area contributed by atoms with E-state index in [4.69, 9.17) is 18.9 Å². The van der Waals surface area contributed by atoms with E-state index in [1.807, 2.05) is 12.1 Å². The molecule has 0 spiro atoms. The second-order valence-corrected chi connectivity index (χ2v) is 12.6. The molecule has 1 amide bonds. The fourth-order valence-corrected chi connectivity index (χ4v) is 6.03. The first-order valence-corrected chi connectivity index (χ1v) is 15.0. The van der Waals surface area contributed by atoms with Gasteiger partial charge in [-0.05, 0) is 78.3 Å². The molecule has 1 aliphatic carbocycles. The first-order chi connectivity index (χ1) is 17.9. The molecule has 1 saturated heterocycles. The van der Waals surface area contributed by atoms with E-state index in [2.05, 4.69) is 10.3 Å². The third-order valence-electron chi connectivity index (χ3n) is 6.60. The van der Waals surface area contributed by atoms with Crippen LogP contribution in [-0.4, -0.2) is 86.2 Å². The van der Waals surface area contributed by atoms with Gasteiger partial charge in [0.2, 0.25) is 15.9 Å². The van der Waals surface area contributed by atoms with Crippen LogP contribution in [0.5, 0.6) is 5.88 Å². The van der Waals surface area contributed by atoms with Crippen molar-refractivity contribution in [2.45, 2.75) is 89.5 Å². The van der Waals surface area contributed by atoms with E-state index in [1.165, 1.54) is 0 Å². The third kappa shape index (κ3) is 8.54. The van der Waals surface area contributed by atoms with Crippen LogP contribution in [0.3, 0.4) is 0 Å². The molecule has 0 bridgehead atoms. The number of aromatic nitrogens is 1. The molecule has 1 aromatic rings. The van der Waals surface area contributed by atoms with Gasteiger partial charge in [-0.15, -0.1) is 0 Å². The third-order valence-corrected chi connectivity index (χ3v) is 7.74. The van der Waals surface area contributed by atoms with Crippen molar-refractivity contribution in [3.05, 3.63) is 23.9 Å². The maximum Gasteiger partial charge on any atom is 0.424 e. The van der Waals surface area contributed by atoms with E-state index in [-0.39, 0.29) is 31.3 Å². The maximum absolute atomic E-state index is 12.8. The van der Waals surface area contributed by atoms with E-state index < -0.39 is 33.7 Å². The molecule has 214 valence electrons. The predicted molar refractivity (Wildman–Crippen MR) is 140 cm³/mol. The summed E-state index contributed by atoms with van der Waals surface area (Å²) in [6.07, 6.45) is 5.66. The van der Waals surface area contributed by atoms with Gasteiger partial charge in [0.25, 0.3) is 0 Å². The molecule has 1 saturated carbocycles. The number of nitrogens with one attached hydrogen (secondary N) is 1. The van der Waals surface area contributed by atoms with Crippen LogP contribution in [0.4, 0.5) is 4.79 Å². The highest BCUT2D eigenvalue weighted by Crippen LogP contribution is 2.37. The summed E-state index contributed by atoms with van der Waals surface area (Å²) in [6, 6.07) is 2.93. The van der Waals surface area contributed by atoms with Gasteiger partial charge in [-0.3, -0.25) is 0 Å². The van der Waals surface area contributed by atoms with Crippen LogP contribution < -0.4 is 10.1 Å². The molecule has 2 fully saturated rings. The van der Waals surface area contributed by atoms with Gasteiger partial charge in [-0.25, -0.2) is 23.0 Å². The summed E-state index contributed by atoms with van der Waals surface area (Å²) in [5.74, 6) is 0.248. The van der Waals surface area contributed by atoms with Crippen molar-refractivity contribution in [2.24, 2.45) is 0 Å². The molecule has 2 aliphatic rings. The van der Waals surface area contributed by atoms with Gasteiger partial charge in [-0.1, -0.05) is 6.07 Å². The quantitative estimate of drug-likeness (QED) is 0.430. The summed E-state index contributed by atoms with van der Waals surface area (Å²) < 4.78 is 48.1. The van der Waals surface area contributed by atoms with Gasteiger partial charge in [0.1, 0.15) is 5.60 Å². The molecule has 38 heavy (non-hydrogen) atoms. The number of hydrogen-bond acceptors (Lipinski definition) is 10. The van der Waals surface area contributed by atoms with Gasteiger partial charge in [0.15, 0.2) is 6.61 Å². The van der Waals surface area contributed by atoms with E-state index in [0.29, 0.717) is 25.5 Å². The molecular formula is C26H41N3O8S. The summed E-state index contributed by atoms with van der Waals surface area (Å²) in [4.78, 5) is 28.8. The molecule has 0 aromatic carbocycles. The molecule has 11 nitrogen and oxygen atoms in total. The second kappa shape index (κ2) is 13.1. The van der Waals surface area contributed by atoms with E-state index >= 15 is 0 Å². The van der Waals surface area contributed by atoms with Gasteiger partial charge in [0.05, 0.1) is 37.7 Å². The lowest BCUT2D eigenvalue weighted by molar-refractivity contribution is -0.145. The highest BCUT2D eigenvalue weighted by Gasteiger charge is 2.42. The molecule has 12 heteroatoms. The summed E-state index contributed by atoms with van der Waals surface area (Å²) in [6.45, 7) is 7.84. The Morgan fingerprint density at radius 3 is 2.50 bits per heavy atom. The zero-order valence-corrected chi connectivity index (χ0v) is 23.8. The Labute approximate surface area is 225 Å². The van der Waals surface area contributed by atoms with Gasteiger partial charge < -0.3 is 24.3 Å². The normalized spacial score (nSPS) is 24.0. The molecular weight excluding hydrogens is 514 g/mol. The Bertz CT molecular complexity index is 1050. The molecule has 3 rings (SSSR count). The van der Waals surface area contributed by atoms with Crippen molar-refractivity contribution in [3.8, 4) is 5.88 Å². The number of pyridine rings is 1. The fourth-order valence-electron chi connectivity index (χ4n) is 4.97. The molecule has 1 aromatic heterocycles. The van der Waals surface area contributed by atoms with Crippen LogP contribution in [0.15, 0.2) is 18.3 Å². The minimum atomic E-state index is -3.84. The van der Waals surface area contributed by atoms with Crippen molar-refractivity contribution in [1.82, 2.24) is 14.6 Å². The molecule has 1 aliphatic heterocycles. The minimum absolute atomic E-state index is 0.0167. The largest absolute Gasteiger partial charge is 0.465 e. The lowest BCUT2D eigenvalue weighted by Gasteiger charge is -2.34. The number of amides is 1. The lowest BCUT2D eigenvalue weighted by Crippen LogP contribution is -2.52. The molecule has 2 heterocycles. The SMILES string of the molecule is CCOC(=O)COc1ncccc1C1CCC(OC[C@@H]2NCC[C@@H]2N(C(=O)OC(C)(C)C)S(C)(=O)=O)CC1. The van der Waals surface area contributed by atoms with Crippen molar-refractivity contribution in [3.63, 3.8) is 0 Å². The predicted octanol–water partition coefficient (Wildman–Crippen LogP) is 2.99. The highest BCUT2D eigenvalue weighted by atomic mass is 32.2. The van der Waals surface area contributed by atoms with Crippen LogP contribution >= 0.6 is 0 Å². The van der Waals surface area contributed by atoms with Gasteiger partial charge in [0, 0.05) is 11.8 Å². The number of nitrogens with zero attached hydrogens (tertiary/aromatic N) is 2. The summed E-state index contributed by atoms with van der Waals surface area (Å²) in [5.41, 5.74) is 0.156. The Kier molecular flexibility index (Phi) is 10.4. The summed E-state index contributed by atoms with van der Waals surface area (Å²) >= 11 is 0. The molecule has 0 unspecified atom stereocenters. The van der Waals surface area contributed by atoms with E-state index in [9.17, 15) is 18.0 Å². The standard InChI is InChI=1S/C26H41N3O8S/c1-6-34-23(30)17-36-24-20(8-7-14-28-24)18-9-11-19(12-10-18)35-16-21-22(13-15-27-21)29(38(5,32)33)25(31)37-26(2,3)4/h7-8,14,18-19,21-22,27H,6,9-13,15-17H2,1-5H3/t18?,19?,21-,22-/m0/s1. The average Bonchev–Trinajstić information content (AvgIpc) is 3.28. The van der Waals surface area contributed by atoms with Crippen molar-refractivity contribution >= 4 is 22.1 Å². The molecule has 2 atom stereocenters. The number of ether oxygens (including phenoxy) is 4. The Balaban J connectivity index is 1.55. The number of carbonyl (C=O) groups is 2. The highest BCUT2D eigenvalue weighted by molar-refractivity contribution is 7.88. The average molecular weight is 556 g/mol. The maximum atomic E-state index is 12.8. The van der Waals surface area contributed by atoms with Crippen molar-refractivity contribution in [1.29, 1.82) is 0 Å². The van der Waals surface area contributed by atoms with Crippen molar-refractivity contribution < 1.29 is 37.0 Å². The number of sulfonamides is 1. The van der Waals surface area contributed by atoms with Crippen LogP contribution in [0.2, 0.25) is 0 Å². The number of rotatable bonds is 10. The zero-order chi connectivity index (χ0) is 27.9. The molecule has 0 radical (unpaired) electrons. The first-order valence-electron chi connectivity index (χ1n) is 13.2. The van der Waals surface area contributed by atoms with Crippen LogP contribution in [0.1, 0.15) is 71.3 Å². The van der Waals surface area contributed by atoms with Gasteiger partial charge >= 0.3 is 12.1 Å². The second-order valence-electron chi connectivity index (χ2n) is 10.8. The zero-order valence-electron chi connectivity index (χ0n) is 23.0. The van der Waals surface area contributed by atoms with E-state index in [0.717, 1.165) is 41.8 Å². The van der Waals surface area contributed by atoms with E-state index in [1.54, 1.807) is 33.9 Å². The van der Waals surface area contributed by atoms with Crippen LogP contribution in [0.25, 0.3) is 0 Å². The number of hydrogen-bond donors (Lipinski definition) is 1. The Morgan fingerprint density at radius 1 is 1.16 bits per heavy atom. The van der Waals surface area contributed by atoms with Gasteiger partial charge in [-0.2, -0.15) is 4.31 Å². The fraction of sp³-hybridized carbons (Fsp3) is 0.731. The first kappa shape index (κ1) is 30.1.